The molecule has 1 aromatic heterocycles. The van der Waals surface area contributed by atoms with Crippen LogP contribution in [0.5, 0.6) is 0 Å². The van der Waals surface area contributed by atoms with E-state index in [1.54, 1.807) is 4.90 Å². The average molecular weight is 231 g/mol. The molecular formula is C8H11ClN4O2. The molecular weight excluding hydrogens is 220 g/mol. The molecule has 0 atom stereocenters. The monoisotopic (exact) mass is 230 g/mol. The van der Waals surface area contributed by atoms with Gasteiger partial charge in [-0.05, 0) is 23.3 Å². The molecule has 6 nitrogen and oxygen atoms in total. The van der Waals surface area contributed by atoms with Crippen LogP contribution < -0.4 is 5.32 Å². The molecule has 7 heteroatoms. The van der Waals surface area contributed by atoms with Crippen LogP contribution in [0, 0.1) is 0 Å². The largest absolute Gasteiger partial charge is 0.336 e. The van der Waals surface area contributed by atoms with Gasteiger partial charge >= 0.3 is 0 Å². The van der Waals surface area contributed by atoms with Crippen molar-refractivity contribution in [2.24, 2.45) is 0 Å². The van der Waals surface area contributed by atoms with Crippen molar-refractivity contribution in [1.82, 2.24) is 20.5 Å². The molecule has 1 N–H and O–H groups in total. The van der Waals surface area contributed by atoms with E-state index in [-0.39, 0.29) is 16.8 Å². The molecule has 0 aliphatic carbocycles. The predicted molar refractivity (Wildman–Crippen MR) is 52.7 cm³/mol. The summed E-state index contributed by atoms with van der Waals surface area (Å²) in [4.78, 5) is 13.6. The van der Waals surface area contributed by atoms with Gasteiger partial charge in [-0.25, -0.2) is 4.63 Å². The first-order chi connectivity index (χ1) is 7.29. The van der Waals surface area contributed by atoms with Gasteiger partial charge in [-0.1, -0.05) is 11.6 Å². The highest BCUT2D eigenvalue weighted by atomic mass is 35.5. The summed E-state index contributed by atoms with van der Waals surface area (Å²) in [6.45, 7) is 3.07. The Morgan fingerprint density at radius 2 is 2.27 bits per heavy atom. The number of carbonyl (C=O) groups is 1. The van der Waals surface area contributed by atoms with Gasteiger partial charge < -0.3 is 10.2 Å². The van der Waals surface area contributed by atoms with Crippen LogP contribution in [0.15, 0.2) is 4.63 Å². The van der Waals surface area contributed by atoms with Crippen LogP contribution in [-0.4, -0.2) is 47.3 Å². The molecule has 2 heterocycles. The summed E-state index contributed by atoms with van der Waals surface area (Å²) in [5, 5.41) is 10.1. The highest BCUT2D eigenvalue weighted by molar-refractivity contribution is 6.32. The van der Waals surface area contributed by atoms with Crippen molar-refractivity contribution in [3.8, 4) is 0 Å². The number of halogens is 1. The van der Waals surface area contributed by atoms with E-state index in [1.807, 2.05) is 0 Å². The summed E-state index contributed by atoms with van der Waals surface area (Å²) in [7, 11) is 0. The van der Waals surface area contributed by atoms with E-state index in [1.165, 1.54) is 0 Å². The van der Waals surface area contributed by atoms with Crippen LogP contribution in [0.4, 0.5) is 0 Å². The Morgan fingerprint density at radius 3 is 3.00 bits per heavy atom. The summed E-state index contributed by atoms with van der Waals surface area (Å²) in [5.41, 5.74) is 0.0959. The molecule has 0 aromatic carbocycles. The van der Waals surface area contributed by atoms with E-state index in [4.69, 9.17) is 11.6 Å². The number of nitrogens with one attached hydrogen (secondary N) is 1. The van der Waals surface area contributed by atoms with Crippen molar-refractivity contribution < 1.29 is 9.42 Å². The average Bonchev–Trinajstić information content (AvgIpc) is 2.53. The molecule has 2 rings (SSSR count). The van der Waals surface area contributed by atoms with Gasteiger partial charge in [0.2, 0.25) is 10.8 Å². The molecule has 15 heavy (non-hydrogen) atoms. The Morgan fingerprint density at radius 1 is 1.40 bits per heavy atom. The van der Waals surface area contributed by atoms with Crippen LogP contribution >= 0.6 is 11.6 Å². The highest BCUT2D eigenvalue weighted by Crippen LogP contribution is 2.12. The molecule has 0 bridgehead atoms. The maximum atomic E-state index is 11.9. The molecule has 1 aliphatic heterocycles. The second kappa shape index (κ2) is 4.59. The Kier molecular flexibility index (Phi) is 3.17. The lowest BCUT2D eigenvalue weighted by atomic mass is 10.3. The smallest absolute Gasteiger partial charge is 0.279 e. The topological polar surface area (TPSA) is 71.3 Å². The summed E-state index contributed by atoms with van der Waals surface area (Å²) < 4.78 is 4.39. The molecule has 82 valence electrons. The van der Waals surface area contributed by atoms with Gasteiger partial charge in [0.1, 0.15) is 0 Å². The number of amides is 1. The zero-order valence-corrected chi connectivity index (χ0v) is 8.83. The van der Waals surface area contributed by atoms with Gasteiger partial charge in [-0.15, -0.1) is 0 Å². The molecule has 0 saturated carbocycles. The van der Waals surface area contributed by atoms with E-state index in [0.717, 1.165) is 19.5 Å². The maximum absolute atomic E-state index is 11.9. The predicted octanol–water partition coefficient (Wildman–Crippen LogP) is 0.158. The third-order valence-electron chi connectivity index (χ3n) is 2.28. The summed E-state index contributed by atoms with van der Waals surface area (Å²) in [5.74, 6) is -0.218. The summed E-state index contributed by atoms with van der Waals surface area (Å²) in [6, 6.07) is 0. The minimum atomic E-state index is -0.218. The Balaban J connectivity index is 2.09. The van der Waals surface area contributed by atoms with Gasteiger partial charge in [0.05, 0.1) is 0 Å². The molecule has 1 saturated heterocycles. The first-order valence-corrected chi connectivity index (χ1v) is 5.15. The minimum absolute atomic E-state index is 0.0252. The standard InChI is InChI=1S/C8H11ClN4O2/c9-7-6(11-15-12-7)8(14)13-4-1-2-10-3-5-13/h10H,1-5H2. The van der Waals surface area contributed by atoms with Crippen molar-refractivity contribution in [1.29, 1.82) is 0 Å². The molecule has 0 spiro atoms. The zero-order chi connectivity index (χ0) is 10.7. The first-order valence-electron chi connectivity index (χ1n) is 4.77. The van der Waals surface area contributed by atoms with Crippen molar-refractivity contribution >= 4 is 17.5 Å². The van der Waals surface area contributed by atoms with Gasteiger partial charge in [-0.2, -0.15) is 0 Å². The fourth-order valence-corrected chi connectivity index (χ4v) is 1.65. The SMILES string of the molecule is O=C(c1nonc1Cl)N1CCCNCC1. The number of carbonyl (C=O) groups excluding carboxylic acids is 1. The number of rotatable bonds is 1. The number of hydrogen-bond donors (Lipinski definition) is 1. The fraction of sp³-hybridized carbons (Fsp3) is 0.625. The molecule has 0 unspecified atom stereocenters. The minimum Gasteiger partial charge on any atom is -0.336 e. The normalized spacial score (nSPS) is 17.5. The van der Waals surface area contributed by atoms with Crippen molar-refractivity contribution in [3.63, 3.8) is 0 Å². The molecule has 1 fully saturated rings. The second-order valence-corrected chi connectivity index (χ2v) is 3.66. The number of aromatic nitrogens is 2. The van der Waals surface area contributed by atoms with Crippen molar-refractivity contribution in [3.05, 3.63) is 10.8 Å². The first kappa shape index (κ1) is 10.4. The quantitative estimate of drug-likeness (QED) is 0.744. The summed E-state index contributed by atoms with van der Waals surface area (Å²) >= 11 is 5.66. The lowest BCUT2D eigenvalue weighted by molar-refractivity contribution is 0.0755. The van der Waals surface area contributed by atoms with Crippen LogP contribution in [0.1, 0.15) is 16.9 Å². The van der Waals surface area contributed by atoms with Crippen molar-refractivity contribution in [2.75, 3.05) is 26.2 Å². The third-order valence-corrected chi connectivity index (χ3v) is 2.53. The molecule has 1 amide bonds. The van der Waals surface area contributed by atoms with Gasteiger partial charge in [0.15, 0.2) is 0 Å². The van der Waals surface area contributed by atoms with E-state index in [2.05, 4.69) is 20.3 Å². The molecule has 1 aromatic rings. The van der Waals surface area contributed by atoms with Crippen LogP contribution in [0.3, 0.4) is 0 Å². The molecule has 0 radical (unpaired) electrons. The fourth-order valence-electron chi connectivity index (χ4n) is 1.50. The van der Waals surface area contributed by atoms with E-state index >= 15 is 0 Å². The lowest BCUT2D eigenvalue weighted by Crippen LogP contribution is -2.34. The Hall–Kier alpha value is -1.14. The molecule has 1 aliphatic rings. The summed E-state index contributed by atoms with van der Waals surface area (Å²) in [6.07, 6.45) is 0.925. The maximum Gasteiger partial charge on any atom is 0.279 e. The zero-order valence-electron chi connectivity index (χ0n) is 8.07. The Bertz CT molecular complexity index is 346. The second-order valence-electron chi connectivity index (χ2n) is 3.30. The lowest BCUT2D eigenvalue weighted by Gasteiger charge is -2.17. The Labute approximate surface area is 91.5 Å². The highest BCUT2D eigenvalue weighted by Gasteiger charge is 2.23. The van der Waals surface area contributed by atoms with Crippen molar-refractivity contribution in [2.45, 2.75) is 6.42 Å². The third kappa shape index (κ3) is 2.27. The van der Waals surface area contributed by atoms with Gasteiger partial charge in [0, 0.05) is 19.6 Å². The van der Waals surface area contributed by atoms with Crippen LogP contribution in [0.2, 0.25) is 5.15 Å². The van der Waals surface area contributed by atoms with Gasteiger partial charge in [-0.3, -0.25) is 4.79 Å². The van der Waals surface area contributed by atoms with Gasteiger partial charge in [0.25, 0.3) is 5.91 Å². The van der Waals surface area contributed by atoms with E-state index in [9.17, 15) is 4.79 Å². The van der Waals surface area contributed by atoms with Crippen LogP contribution in [-0.2, 0) is 0 Å². The number of nitrogens with zero attached hydrogens (tertiary/aromatic N) is 3. The van der Waals surface area contributed by atoms with E-state index < -0.39 is 0 Å². The van der Waals surface area contributed by atoms with Crippen LogP contribution in [0.25, 0.3) is 0 Å². The number of hydrogen-bond acceptors (Lipinski definition) is 5. The van der Waals surface area contributed by atoms with E-state index in [0.29, 0.717) is 13.1 Å².